The highest BCUT2D eigenvalue weighted by atomic mass is 16.5. The van der Waals surface area contributed by atoms with Gasteiger partial charge in [0.15, 0.2) is 0 Å². The van der Waals surface area contributed by atoms with Gasteiger partial charge >= 0.3 is 0 Å². The molecule has 1 aromatic rings. The van der Waals surface area contributed by atoms with Gasteiger partial charge in [-0.25, -0.2) is 9.98 Å². The van der Waals surface area contributed by atoms with E-state index in [9.17, 15) is 0 Å². The van der Waals surface area contributed by atoms with E-state index in [4.69, 9.17) is 9.47 Å². The molecular formula is C17H24N4O2. The number of hydrogen-bond donors (Lipinski definition) is 0. The van der Waals surface area contributed by atoms with Crippen LogP contribution in [0.3, 0.4) is 0 Å². The third-order valence-electron chi connectivity index (χ3n) is 3.40. The Labute approximate surface area is 137 Å². The van der Waals surface area contributed by atoms with Crippen molar-refractivity contribution in [1.29, 1.82) is 0 Å². The molecule has 1 aromatic carbocycles. The number of hydrogen-bond acceptors (Lipinski definition) is 3. The van der Waals surface area contributed by atoms with Gasteiger partial charge < -0.3 is 14.4 Å². The number of allylic oxidation sites excluding steroid dienone is 2. The molecule has 0 amide bonds. The maximum atomic E-state index is 5.23. The summed E-state index contributed by atoms with van der Waals surface area (Å²) >= 11 is 0. The van der Waals surface area contributed by atoms with Gasteiger partial charge in [-0.2, -0.15) is 4.99 Å². The van der Waals surface area contributed by atoms with Crippen LogP contribution < -0.4 is 9.47 Å². The van der Waals surface area contributed by atoms with E-state index in [1.165, 1.54) is 0 Å². The summed E-state index contributed by atoms with van der Waals surface area (Å²) in [7, 11) is 5.11. The third kappa shape index (κ3) is 5.25. The number of benzene rings is 1. The van der Waals surface area contributed by atoms with Crippen LogP contribution in [0.15, 0.2) is 44.9 Å². The van der Waals surface area contributed by atoms with Crippen LogP contribution in [0.25, 0.3) is 0 Å². The number of aliphatic imine (C=N–C) groups is 3. The molecule has 0 unspecified atom stereocenters. The Morgan fingerprint density at radius 2 is 1.70 bits per heavy atom. The molecule has 0 spiro atoms. The molecule has 0 aliphatic rings. The van der Waals surface area contributed by atoms with Crippen LogP contribution in [0.4, 0.5) is 5.69 Å². The summed E-state index contributed by atoms with van der Waals surface area (Å²) in [4.78, 5) is 14.6. The minimum atomic E-state index is 0.272. The molecule has 0 heterocycles. The Morgan fingerprint density at radius 1 is 1.13 bits per heavy atom. The van der Waals surface area contributed by atoms with Gasteiger partial charge in [-0.1, -0.05) is 6.08 Å². The normalized spacial score (nSPS) is 12.9. The van der Waals surface area contributed by atoms with Crippen molar-refractivity contribution in [3.05, 3.63) is 30.0 Å². The van der Waals surface area contributed by atoms with Crippen LogP contribution in [0.5, 0.6) is 11.5 Å². The lowest BCUT2D eigenvalue weighted by Gasteiger charge is -2.18. The van der Waals surface area contributed by atoms with Crippen LogP contribution in [-0.4, -0.2) is 44.7 Å². The van der Waals surface area contributed by atoms with Crippen molar-refractivity contribution in [2.45, 2.75) is 20.8 Å². The average Bonchev–Trinajstić information content (AvgIpc) is 2.58. The Morgan fingerprint density at radius 3 is 2.13 bits per heavy atom. The first-order valence-electron chi connectivity index (χ1n) is 7.15. The van der Waals surface area contributed by atoms with Crippen molar-refractivity contribution >= 4 is 24.2 Å². The van der Waals surface area contributed by atoms with Gasteiger partial charge in [-0.3, -0.25) is 0 Å². The van der Waals surface area contributed by atoms with Gasteiger partial charge in [0.1, 0.15) is 17.3 Å². The van der Waals surface area contributed by atoms with Gasteiger partial charge in [-0.05, 0) is 27.5 Å². The lowest BCUT2D eigenvalue weighted by molar-refractivity contribution is 0.394. The largest absolute Gasteiger partial charge is 0.497 e. The second kappa shape index (κ2) is 8.73. The molecule has 0 fully saturated rings. The van der Waals surface area contributed by atoms with Crippen molar-refractivity contribution in [2.24, 2.45) is 15.0 Å². The fraction of sp³-hybridized carbons (Fsp3) is 0.353. The second-order valence-corrected chi connectivity index (χ2v) is 4.79. The molecule has 23 heavy (non-hydrogen) atoms. The Balaban J connectivity index is 3.19. The van der Waals surface area contributed by atoms with Gasteiger partial charge in [0.2, 0.25) is 0 Å². The van der Waals surface area contributed by atoms with E-state index < -0.39 is 0 Å². The molecule has 0 aliphatic carbocycles. The zero-order valence-corrected chi connectivity index (χ0v) is 14.6. The highest BCUT2D eigenvalue weighted by Gasteiger charge is 2.05. The summed E-state index contributed by atoms with van der Waals surface area (Å²) in [6.45, 7) is 9.40. The van der Waals surface area contributed by atoms with Crippen LogP contribution in [0, 0.1) is 0 Å². The quantitative estimate of drug-likeness (QED) is 0.629. The molecule has 0 aromatic heterocycles. The zero-order chi connectivity index (χ0) is 17.4. The predicted octanol–water partition coefficient (Wildman–Crippen LogP) is 3.67. The first kappa shape index (κ1) is 18.4. The van der Waals surface area contributed by atoms with E-state index in [-0.39, 0.29) is 5.96 Å². The maximum Gasteiger partial charge on any atom is 0.250 e. The highest BCUT2D eigenvalue weighted by molar-refractivity contribution is 5.98. The van der Waals surface area contributed by atoms with Crippen LogP contribution in [-0.2, 0) is 0 Å². The minimum Gasteiger partial charge on any atom is -0.497 e. The van der Waals surface area contributed by atoms with Gasteiger partial charge in [0, 0.05) is 30.9 Å². The number of amidine groups is 1. The van der Waals surface area contributed by atoms with E-state index in [0.29, 0.717) is 17.2 Å². The molecule has 0 atom stereocenters. The maximum absolute atomic E-state index is 5.23. The average molecular weight is 316 g/mol. The van der Waals surface area contributed by atoms with Gasteiger partial charge in [0.25, 0.3) is 5.96 Å². The summed E-state index contributed by atoms with van der Waals surface area (Å²) in [5.41, 5.74) is 1.71. The number of rotatable bonds is 4. The van der Waals surface area contributed by atoms with E-state index in [1.807, 2.05) is 38.8 Å². The first-order chi connectivity index (χ1) is 10.9. The van der Waals surface area contributed by atoms with Crippen LogP contribution in [0.2, 0.25) is 0 Å². The van der Waals surface area contributed by atoms with Crippen molar-refractivity contribution < 1.29 is 9.47 Å². The van der Waals surface area contributed by atoms with Gasteiger partial charge in [0.05, 0.1) is 19.9 Å². The molecule has 6 nitrogen and oxygen atoms in total. The molecule has 1 rings (SSSR count). The standard InChI is InChI=1S/C17H24N4O2/c1-8-12(2)21(5)13(3)19-17(18-4)20-14-9-15(22-6)11-16(10-14)23-7/h8-11H,4H2,1-3,5-7H3. The molecule has 0 N–H and O–H groups in total. The summed E-state index contributed by atoms with van der Waals surface area (Å²) in [5, 5.41) is 0. The van der Waals surface area contributed by atoms with Crippen LogP contribution >= 0.6 is 0 Å². The molecule has 0 saturated carbocycles. The molecule has 0 aliphatic heterocycles. The summed E-state index contributed by atoms with van der Waals surface area (Å²) in [6, 6.07) is 5.33. The smallest absolute Gasteiger partial charge is 0.250 e. The predicted molar refractivity (Wildman–Crippen MR) is 96.5 cm³/mol. The Hall–Kier alpha value is -2.63. The Bertz CT molecular complexity index is 626. The lowest BCUT2D eigenvalue weighted by atomic mass is 10.3. The first-order valence-corrected chi connectivity index (χ1v) is 7.15. The zero-order valence-electron chi connectivity index (χ0n) is 14.6. The van der Waals surface area contributed by atoms with E-state index in [0.717, 1.165) is 11.5 Å². The van der Waals surface area contributed by atoms with E-state index in [1.54, 1.807) is 32.4 Å². The van der Waals surface area contributed by atoms with Crippen LogP contribution in [0.1, 0.15) is 20.8 Å². The van der Waals surface area contributed by atoms with Gasteiger partial charge in [-0.15, -0.1) is 0 Å². The molecule has 0 saturated heterocycles. The summed E-state index contributed by atoms with van der Waals surface area (Å²) in [5.74, 6) is 2.33. The highest BCUT2D eigenvalue weighted by Crippen LogP contribution is 2.27. The minimum absolute atomic E-state index is 0.272. The van der Waals surface area contributed by atoms with E-state index in [2.05, 4.69) is 21.7 Å². The monoisotopic (exact) mass is 316 g/mol. The molecule has 0 bridgehead atoms. The molecular weight excluding hydrogens is 292 g/mol. The number of nitrogens with zero attached hydrogens (tertiary/aromatic N) is 4. The fourth-order valence-corrected chi connectivity index (χ4v) is 1.74. The van der Waals surface area contributed by atoms with E-state index >= 15 is 0 Å². The topological polar surface area (TPSA) is 58.8 Å². The fourth-order valence-electron chi connectivity index (χ4n) is 1.74. The molecule has 6 heteroatoms. The van der Waals surface area contributed by atoms with Crippen molar-refractivity contribution in [3.8, 4) is 11.5 Å². The Kier molecular flexibility index (Phi) is 6.99. The summed E-state index contributed by atoms with van der Waals surface area (Å²) in [6.07, 6.45) is 2.00. The van der Waals surface area contributed by atoms with Crippen molar-refractivity contribution in [2.75, 3.05) is 21.3 Å². The third-order valence-corrected chi connectivity index (χ3v) is 3.40. The second-order valence-electron chi connectivity index (χ2n) is 4.79. The van der Waals surface area contributed by atoms with Crippen molar-refractivity contribution in [3.63, 3.8) is 0 Å². The SMILES string of the molecule is C=NC(=Nc1cc(OC)cc(OC)c1)N=C(C)N(C)C(C)=CC. The molecule has 0 radical (unpaired) electrons. The molecule has 124 valence electrons. The van der Waals surface area contributed by atoms with Crippen molar-refractivity contribution in [1.82, 2.24) is 4.90 Å². The number of methoxy groups -OCH3 is 2. The number of guanidine groups is 1. The number of ether oxygens (including phenoxy) is 2. The lowest BCUT2D eigenvalue weighted by Crippen LogP contribution is -2.22. The summed E-state index contributed by atoms with van der Waals surface area (Å²) < 4.78 is 10.5.